The fourth-order valence-electron chi connectivity index (χ4n) is 1.66. The number of benzene rings is 1. The lowest BCUT2D eigenvalue weighted by molar-refractivity contribution is 0.567. The second-order valence-corrected chi connectivity index (χ2v) is 7.17. The van der Waals surface area contributed by atoms with Crippen molar-refractivity contribution in [1.29, 1.82) is 0 Å². The van der Waals surface area contributed by atoms with Gasteiger partial charge in [0.1, 0.15) is 0 Å². The Hall–Kier alpha value is -0.950. The third kappa shape index (κ3) is 3.58. The number of rotatable bonds is 4. The van der Waals surface area contributed by atoms with Crippen LogP contribution in [0.1, 0.15) is 18.5 Å². The first-order chi connectivity index (χ1) is 9.40. The molecule has 0 bridgehead atoms. The minimum atomic E-state index is -3.61. The second kappa shape index (κ2) is 6.22. The monoisotopic (exact) mass is 374 g/mol. The van der Waals surface area contributed by atoms with E-state index in [1.807, 2.05) is 0 Å². The minimum Gasteiger partial charge on any atom is -0.265 e. The number of sulfonamides is 1. The Morgan fingerprint density at radius 1 is 1.25 bits per heavy atom. The zero-order valence-corrected chi connectivity index (χ0v) is 13.7. The molecule has 0 saturated heterocycles. The summed E-state index contributed by atoms with van der Waals surface area (Å²) < 4.78 is 27.7. The molecule has 0 aliphatic rings. The minimum absolute atomic E-state index is 0.162. The molecule has 1 unspecified atom stereocenters. The number of aromatic nitrogens is 1. The molecular formula is C13H12BrClN2O2S. The summed E-state index contributed by atoms with van der Waals surface area (Å²) in [5.74, 6) is 0. The fraction of sp³-hybridized carbons (Fsp3) is 0.154. The zero-order valence-electron chi connectivity index (χ0n) is 10.5. The fourth-order valence-corrected chi connectivity index (χ4v) is 3.57. The summed E-state index contributed by atoms with van der Waals surface area (Å²) in [7, 11) is -3.61. The van der Waals surface area contributed by atoms with E-state index in [0.717, 1.165) is 5.56 Å². The van der Waals surface area contributed by atoms with Crippen LogP contribution in [0.3, 0.4) is 0 Å². The first-order valence-electron chi connectivity index (χ1n) is 5.77. The van der Waals surface area contributed by atoms with Crippen molar-refractivity contribution in [3.63, 3.8) is 0 Å². The first kappa shape index (κ1) is 15.4. The van der Waals surface area contributed by atoms with Gasteiger partial charge < -0.3 is 0 Å². The van der Waals surface area contributed by atoms with Crippen LogP contribution in [0.25, 0.3) is 0 Å². The number of hydrogen-bond donors (Lipinski definition) is 1. The van der Waals surface area contributed by atoms with Crippen LogP contribution in [0.15, 0.2) is 52.1 Å². The molecule has 1 aromatic carbocycles. The molecule has 1 N–H and O–H groups in total. The first-order valence-corrected chi connectivity index (χ1v) is 8.43. The number of nitrogens with one attached hydrogen (secondary N) is 1. The predicted octanol–water partition coefficient (Wildman–Crippen LogP) is 3.54. The largest absolute Gasteiger partial charge is 0.265 e. The maximum Gasteiger partial charge on any atom is 0.241 e. The molecule has 0 fully saturated rings. The van der Waals surface area contributed by atoms with E-state index in [-0.39, 0.29) is 10.9 Å². The third-order valence-corrected chi connectivity index (χ3v) is 5.49. The molecule has 20 heavy (non-hydrogen) atoms. The molecule has 2 aromatic rings. The number of hydrogen-bond acceptors (Lipinski definition) is 3. The summed E-state index contributed by atoms with van der Waals surface area (Å²) in [4.78, 5) is 4.07. The van der Waals surface area contributed by atoms with Gasteiger partial charge in [-0.3, -0.25) is 4.98 Å². The highest BCUT2D eigenvalue weighted by atomic mass is 79.9. The van der Waals surface area contributed by atoms with Gasteiger partial charge in [0.25, 0.3) is 0 Å². The van der Waals surface area contributed by atoms with Gasteiger partial charge in [-0.1, -0.05) is 11.6 Å². The van der Waals surface area contributed by atoms with E-state index in [1.54, 1.807) is 31.5 Å². The second-order valence-electron chi connectivity index (χ2n) is 4.20. The molecule has 4 nitrogen and oxygen atoms in total. The summed E-state index contributed by atoms with van der Waals surface area (Å²) in [5.41, 5.74) is 0.844. The van der Waals surface area contributed by atoms with E-state index in [9.17, 15) is 8.42 Å². The van der Waals surface area contributed by atoms with Crippen molar-refractivity contribution >= 4 is 37.6 Å². The highest BCUT2D eigenvalue weighted by Crippen LogP contribution is 2.26. The normalized spacial score (nSPS) is 13.2. The quantitative estimate of drug-likeness (QED) is 0.889. The van der Waals surface area contributed by atoms with Crippen LogP contribution in [0.4, 0.5) is 0 Å². The smallest absolute Gasteiger partial charge is 0.241 e. The summed E-state index contributed by atoms with van der Waals surface area (Å²) in [6, 6.07) is 7.67. The van der Waals surface area contributed by atoms with Gasteiger partial charge in [0.05, 0.1) is 9.92 Å². The molecule has 0 spiro atoms. The standard InChI is InChI=1S/C13H12BrClN2O2S/c1-9(10-4-6-16-7-5-10)17-20(18,19)11-2-3-13(15)12(14)8-11/h2-9,17H,1H3. The Morgan fingerprint density at radius 3 is 2.50 bits per heavy atom. The maximum atomic E-state index is 12.3. The molecule has 0 aliphatic heterocycles. The van der Waals surface area contributed by atoms with Crippen LogP contribution in [0.5, 0.6) is 0 Å². The lowest BCUT2D eigenvalue weighted by atomic mass is 10.1. The van der Waals surface area contributed by atoms with Crippen LogP contribution in [-0.4, -0.2) is 13.4 Å². The lowest BCUT2D eigenvalue weighted by Crippen LogP contribution is -2.26. The Bertz CT molecular complexity index is 708. The van der Waals surface area contributed by atoms with Gasteiger partial charge >= 0.3 is 0 Å². The van der Waals surface area contributed by atoms with Crippen molar-refractivity contribution in [3.05, 3.63) is 57.8 Å². The highest BCUT2D eigenvalue weighted by molar-refractivity contribution is 9.10. The summed E-state index contributed by atoms with van der Waals surface area (Å²) in [6.45, 7) is 1.78. The lowest BCUT2D eigenvalue weighted by Gasteiger charge is -2.14. The average Bonchev–Trinajstić information content (AvgIpc) is 2.42. The molecular weight excluding hydrogens is 364 g/mol. The maximum absolute atomic E-state index is 12.3. The summed E-state index contributed by atoms with van der Waals surface area (Å²) >= 11 is 9.08. The van der Waals surface area contributed by atoms with Crippen LogP contribution in [-0.2, 0) is 10.0 Å². The van der Waals surface area contributed by atoms with Crippen LogP contribution < -0.4 is 4.72 Å². The van der Waals surface area contributed by atoms with Gasteiger partial charge in [-0.25, -0.2) is 13.1 Å². The van der Waals surface area contributed by atoms with Gasteiger partial charge in [0, 0.05) is 22.9 Å². The van der Waals surface area contributed by atoms with E-state index >= 15 is 0 Å². The van der Waals surface area contributed by atoms with Crippen LogP contribution in [0.2, 0.25) is 5.02 Å². The predicted molar refractivity (Wildman–Crippen MR) is 82.1 cm³/mol. The Labute approximate surface area is 131 Å². The van der Waals surface area contributed by atoms with E-state index in [4.69, 9.17) is 11.6 Å². The van der Waals surface area contributed by atoms with Gasteiger partial charge in [0.15, 0.2) is 0 Å². The van der Waals surface area contributed by atoms with E-state index in [2.05, 4.69) is 25.6 Å². The molecule has 0 amide bonds. The zero-order chi connectivity index (χ0) is 14.8. The SMILES string of the molecule is CC(NS(=O)(=O)c1ccc(Cl)c(Br)c1)c1ccncc1. The highest BCUT2D eigenvalue weighted by Gasteiger charge is 2.19. The van der Waals surface area contributed by atoms with Gasteiger partial charge in [-0.05, 0) is 58.7 Å². The Balaban J connectivity index is 2.25. The molecule has 0 saturated carbocycles. The summed E-state index contributed by atoms with van der Waals surface area (Å²) in [5, 5.41) is 0.464. The molecule has 1 heterocycles. The Kier molecular flexibility index (Phi) is 4.80. The molecule has 0 aliphatic carbocycles. The molecule has 1 atom stereocenters. The van der Waals surface area contributed by atoms with E-state index < -0.39 is 10.0 Å². The molecule has 7 heteroatoms. The average molecular weight is 376 g/mol. The van der Waals surface area contributed by atoms with Crippen LogP contribution in [0, 0.1) is 0 Å². The third-order valence-electron chi connectivity index (χ3n) is 2.74. The number of nitrogens with zero attached hydrogens (tertiary/aromatic N) is 1. The molecule has 0 radical (unpaired) electrons. The van der Waals surface area contributed by atoms with Crippen LogP contribution >= 0.6 is 27.5 Å². The van der Waals surface area contributed by atoms with E-state index in [1.165, 1.54) is 18.2 Å². The van der Waals surface area contributed by atoms with Crippen molar-refractivity contribution in [2.24, 2.45) is 0 Å². The Morgan fingerprint density at radius 2 is 1.90 bits per heavy atom. The van der Waals surface area contributed by atoms with E-state index in [0.29, 0.717) is 9.50 Å². The number of halogens is 2. The number of pyridine rings is 1. The molecule has 1 aromatic heterocycles. The van der Waals surface area contributed by atoms with Crippen molar-refractivity contribution in [2.45, 2.75) is 17.9 Å². The van der Waals surface area contributed by atoms with Gasteiger partial charge in [-0.15, -0.1) is 0 Å². The van der Waals surface area contributed by atoms with Gasteiger partial charge in [0.2, 0.25) is 10.0 Å². The van der Waals surface area contributed by atoms with Crippen molar-refractivity contribution in [1.82, 2.24) is 9.71 Å². The van der Waals surface area contributed by atoms with Crippen molar-refractivity contribution in [3.8, 4) is 0 Å². The summed E-state index contributed by atoms with van der Waals surface area (Å²) in [6.07, 6.45) is 3.25. The van der Waals surface area contributed by atoms with Gasteiger partial charge in [-0.2, -0.15) is 0 Å². The van der Waals surface area contributed by atoms with Crippen molar-refractivity contribution < 1.29 is 8.42 Å². The topological polar surface area (TPSA) is 59.1 Å². The van der Waals surface area contributed by atoms with Crippen molar-refractivity contribution in [2.75, 3.05) is 0 Å². The molecule has 106 valence electrons. The molecule has 2 rings (SSSR count).